The number of carbonyl (C=O) groups excluding carboxylic acids is 5. The first-order valence-corrected chi connectivity index (χ1v) is 13.8. The summed E-state index contributed by atoms with van der Waals surface area (Å²) in [6.45, 7) is 7.83. The summed E-state index contributed by atoms with van der Waals surface area (Å²) < 4.78 is 4.79. The lowest BCUT2D eigenvalue weighted by Crippen LogP contribution is -2.58. The largest absolute Gasteiger partial charge is 0.467 e. The van der Waals surface area contributed by atoms with Gasteiger partial charge in [-0.3, -0.25) is 14.4 Å². The highest BCUT2D eigenvalue weighted by Gasteiger charge is 2.30. The molecule has 11 heteroatoms. The van der Waals surface area contributed by atoms with Gasteiger partial charge in [0.25, 0.3) is 0 Å². The summed E-state index contributed by atoms with van der Waals surface area (Å²) in [4.78, 5) is 63.9. The highest BCUT2D eigenvalue weighted by molar-refractivity contribution is 5.93. The van der Waals surface area contributed by atoms with Crippen LogP contribution in [0.25, 0.3) is 0 Å². The van der Waals surface area contributed by atoms with Crippen LogP contribution in [0.2, 0.25) is 0 Å². The number of urea groups is 1. The lowest BCUT2D eigenvalue weighted by atomic mass is 10.0. The van der Waals surface area contributed by atoms with Gasteiger partial charge in [-0.1, -0.05) is 64.1 Å². The molecule has 220 valence electrons. The highest BCUT2D eigenvalue weighted by Crippen LogP contribution is 2.10. The molecular weight excluding hydrogens is 514 g/mol. The zero-order valence-electron chi connectivity index (χ0n) is 24.0. The van der Waals surface area contributed by atoms with E-state index in [9.17, 15) is 24.0 Å². The number of amides is 5. The van der Waals surface area contributed by atoms with E-state index in [0.717, 1.165) is 5.56 Å². The number of esters is 1. The van der Waals surface area contributed by atoms with Gasteiger partial charge in [0.1, 0.15) is 18.1 Å². The van der Waals surface area contributed by atoms with Crippen molar-refractivity contribution in [2.24, 2.45) is 11.8 Å². The van der Waals surface area contributed by atoms with Gasteiger partial charge < -0.3 is 31.3 Å². The first-order chi connectivity index (χ1) is 19.0. The van der Waals surface area contributed by atoms with Crippen LogP contribution in [0.15, 0.2) is 42.5 Å². The number of benzene rings is 1. The van der Waals surface area contributed by atoms with Gasteiger partial charge in [-0.05, 0) is 36.7 Å². The second kappa shape index (κ2) is 16.3. The minimum absolute atomic E-state index is 0.00666. The Bertz CT molecular complexity index is 1040. The van der Waals surface area contributed by atoms with E-state index in [2.05, 4.69) is 26.6 Å². The number of hydrogen-bond acceptors (Lipinski definition) is 6. The maximum absolute atomic E-state index is 13.5. The molecule has 5 amide bonds. The number of methoxy groups -OCH3 is 1. The van der Waals surface area contributed by atoms with E-state index < -0.39 is 42.1 Å². The van der Waals surface area contributed by atoms with E-state index >= 15 is 0 Å². The number of hydrogen-bond donors (Lipinski definition) is 5. The summed E-state index contributed by atoms with van der Waals surface area (Å²) in [6, 6.07) is 5.29. The van der Waals surface area contributed by atoms with Crippen LogP contribution in [0.1, 0.15) is 52.5 Å². The van der Waals surface area contributed by atoms with Crippen molar-refractivity contribution in [2.45, 2.75) is 77.5 Å². The van der Waals surface area contributed by atoms with Crippen LogP contribution in [-0.4, -0.2) is 67.5 Å². The maximum Gasteiger partial charge on any atom is 0.328 e. The van der Waals surface area contributed by atoms with Crippen LogP contribution in [-0.2, 0) is 30.3 Å². The van der Waals surface area contributed by atoms with E-state index in [1.54, 1.807) is 19.9 Å². The Morgan fingerprint density at radius 2 is 1.73 bits per heavy atom. The summed E-state index contributed by atoms with van der Waals surface area (Å²) >= 11 is 0. The Labute approximate surface area is 236 Å². The predicted molar refractivity (Wildman–Crippen MR) is 151 cm³/mol. The molecule has 11 nitrogen and oxygen atoms in total. The minimum atomic E-state index is -1.03. The molecule has 40 heavy (non-hydrogen) atoms. The first kappa shape index (κ1) is 32.3. The maximum atomic E-state index is 13.5. The van der Waals surface area contributed by atoms with E-state index in [0.29, 0.717) is 25.8 Å². The third-order valence-corrected chi connectivity index (χ3v) is 6.65. The summed E-state index contributed by atoms with van der Waals surface area (Å²) in [5.74, 6) is -1.95. The van der Waals surface area contributed by atoms with Crippen molar-refractivity contribution >= 4 is 29.7 Å². The van der Waals surface area contributed by atoms with Crippen LogP contribution in [0.4, 0.5) is 4.79 Å². The van der Waals surface area contributed by atoms with Crippen molar-refractivity contribution in [1.82, 2.24) is 26.6 Å². The Kier molecular flexibility index (Phi) is 13.1. The fourth-order valence-electron chi connectivity index (χ4n) is 4.20. The standard InChI is InChI=1S/C29H43N5O6/c1-18(2)21-14-15-24(35)30-16-10-9-13-22(26(36)31-21)32-27(37)23(17-20-11-7-6-8-12-20)33-29(39)34-25(19(3)4)28(38)40-5/h6-8,11-12,14-15,18-19,21-23,25H,9-10,13,16-17H2,1-5H3,(H,30,35)(H,31,36)(H,32,37)(H2,33,34,39)/b15-14+/t21-,22+,23+,25+/m1/s1. The van der Waals surface area contributed by atoms with Crippen LogP contribution in [0, 0.1) is 11.8 Å². The van der Waals surface area contributed by atoms with Crippen molar-refractivity contribution < 1.29 is 28.7 Å². The molecule has 0 bridgehead atoms. The van der Waals surface area contributed by atoms with Gasteiger partial charge in [0, 0.05) is 25.1 Å². The van der Waals surface area contributed by atoms with Gasteiger partial charge in [-0.15, -0.1) is 0 Å². The van der Waals surface area contributed by atoms with Crippen LogP contribution >= 0.6 is 0 Å². The molecule has 0 radical (unpaired) electrons. The molecule has 0 fully saturated rings. The van der Waals surface area contributed by atoms with Crippen molar-refractivity contribution in [1.29, 1.82) is 0 Å². The van der Waals surface area contributed by atoms with Crippen molar-refractivity contribution in [3.8, 4) is 0 Å². The molecule has 0 aromatic heterocycles. The molecule has 0 unspecified atom stereocenters. The quantitative estimate of drug-likeness (QED) is 0.291. The van der Waals surface area contributed by atoms with E-state index in [1.165, 1.54) is 13.2 Å². The Balaban J connectivity index is 2.24. The molecule has 2 rings (SSSR count). The molecule has 0 saturated carbocycles. The monoisotopic (exact) mass is 557 g/mol. The summed E-state index contributed by atoms with van der Waals surface area (Å²) in [5, 5.41) is 13.8. The summed E-state index contributed by atoms with van der Waals surface area (Å²) in [5.41, 5.74) is 0.806. The Morgan fingerprint density at radius 1 is 1.02 bits per heavy atom. The lowest BCUT2D eigenvalue weighted by molar-refractivity contribution is -0.144. The molecule has 0 aliphatic carbocycles. The Hall–Kier alpha value is -3.89. The van der Waals surface area contributed by atoms with Crippen LogP contribution in [0.3, 0.4) is 0 Å². The van der Waals surface area contributed by atoms with E-state index in [1.807, 2.05) is 44.2 Å². The van der Waals surface area contributed by atoms with Crippen LogP contribution < -0.4 is 26.6 Å². The number of nitrogens with one attached hydrogen (secondary N) is 5. The highest BCUT2D eigenvalue weighted by atomic mass is 16.5. The topological polar surface area (TPSA) is 155 Å². The van der Waals surface area contributed by atoms with Gasteiger partial charge >= 0.3 is 12.0 Å². The SMILES string of the molecule is COC(=O)[C@@H](NC(=O)N[C@@H](Cc1ccccc1)C(=O)N[C@H]1CCCCNC(=O)/C=C/[C@H](C(C)C)NC1=O)C(C)C. The van der Waals surface area contributed by atoms with Gasteiger partial charge in [0.2, 0.25) is 17.7 Å². The number of rotatable bonds is 9. The Morgan fingerprint density at radius 3 is 2.35 bits per heavy atom. The van der Waals surface area contributed by atoms with Crippen molar-refractivity contribution in [2.75, 3.05) is 13.7 Å². The average molecular weight is 558 g/mol. The predicted octanol–water partition coefficient (Wildman–Crippen LogP) is 1.58. The third-order valence-electron chi connectivity index (χ3n) is 6.65. The zero-order valence-corrected chi connectivity index (χ0v) is 24.0. The molecule has 0 spiro atoms. The smallest absolute Gasteiger partial charge is 0.328 e. The second-order valence-corrected chi connectivity index (χ2v) is 10.6. The molecule has 1 heterocycles. The van der Waals surface area contributed by atoms with Gasteiger partial charge in [-0.2, -0.15) is 0 Å². The molecule has 1 aromatic rings. The summed E-state index contributed by atoms with van der Waals surface area (Å²) in [6.07, 6.45) is 4.80. The molecular formula is C29H43N5O6. The average Bonchev–Trinajstić information content (AvgIpc) is 2.91. The molecule has 4 atom stereocenters. The van der Waals surface area contributed by atoms with Gasteiger partial charge in [0.05, 0.1) is 7.11 Å². The fraction of sp³-hybridized carbons (Fsp3) is 0.552. The fourth-order valence-corrected chi connectivity index (χ4v) is 4.20. The normalized spacial score (nSPS) is 20.6. The zero-order chi connectivity index (χ0) is 29.7. The van der Waals surface area contributed by atoms with Crippen molar-refractivity contribution in [3.63, 3.8) is 0 Å². The molecule has 1 aromatic carbocycles. The van der Waals surface area contributed by atoms with Crippen LogP contribution in [0.5, 0.6) is 0 Å². The first-order valence-electron chi connectivity index (χ1n) is 13.8. The van der Waals surface area contributed by atoms with E-state index in [-0.39, 0.29) is 30.1 Å². The van der Waals surface area contributed by atoms with Crippen molar-refractivity contribution in [3.05, 3.63) is 48.0 Å². The number of ether oxygens (including phenoxy) is 1. The third kappa shape index (κ3) is 10.7. The molecule has 0 saturated heterocycles. The van der Waals surface area contributed by atoms with Gasteiger partial charge in [0.15, 0.2) is 0 Å². The lowest BCUT2D eigenvalue weighted by Gasteiger charge is -2.27. The van der Waals surface area contributed by atoms with Gasteiger partial charge in [-0.25, -0.2) is 9.59 Å². The molecule has 1 aliphatic rings. The minimum Gasteiger partial charge on any atom is -0.467 e. The second-order valence-electron chi connectivity index (χ2n) is 10.6. The number of carbonyl (C=O) groups is 5. The molecule has 5 N–H and O–H groups in total. The molecule has 1 aliphatic heterocycles. The summed E-state index contributed by atoms with van der Waals surface area (Å²) in [7, 11) is 1.24. The van der Waals surface area contributed by atoms with E-state index in [4.69, 9.17) is 4.74 Å².